The number of hydrogen-bond donors (Lipinski definition) is 1. The van der Waals surface area contributed by atoms with Crippen LogP contribution in [-0.4, -0.2) is 29.1 Å². The lowest BCUT2D eigenvalue weighted by molar-refractivity contribution is 0.307. The molecule has 1 saturated carbocycles. The Labute approximate surface area is 147 Å². The normalized spacial score (nSPS) is 28.5. The van der Waals surface area contributed by atoms with Crippen LogP contribution >= 0.6 is 0 Å². The van der Waals surface area contributed by atoms with E-state index in [9.17, 15) is 0 Å². The Morgan fingerprint density at radius 3 is 2.58 bits per heavy atom. The van der Waals surface area contributed by atoms with Crippen LogP contribution in [-0.2, 0) is 0 Å². The van der Waals surface area contributed by atoms with Crippen LogP contribution < -0.4 is 10.2 Å². The molecule has 3 rings (SSSR count). The van der Waals surface area contributed by atoms with Gasteiger partial charge in [-0.15, -0.1) is 0 Å². The molecule has 1 aliphatic carbocycles. The molecule has 0 aromatic carbocycles. The summed E-state index contributed by atoms with van der Waals surface area (Å²) in [6, 6.07) is 1.56. The molecule has 2 heterocycles. The van der Waals surface area contributed by atoms with Crippen molar-refractivity contribution in [2.45, 2.75) is 83.8 Å². The van der Waals surface area contributed by atoms with Crippen molar-refractivity contribution in [3.05, 3.63) is 18.1 Å². The van der Waals surface area contributed by atoms with E-state index in [4.69, 9.17) is 4.98 Å². The molecule has 1 N–H and O–H groups in total. The van der Waals surface area contributed by atoms with Crippen LogP contribution in [0.25, 0.3) is 0 Å². The molecule has 134 valence electrons. The van der Waals surface area contributed by atoms with Gasteiger partial charge in [0.05, 0.1) is 24.1 Å². The molecule has 0 radical (unpaired) electrons. The molecule has 2 aliphatic rings. The van der Waals surface area contributed by atoms with Gasteiger partial charge >= 0.3 is 0 Å². The number of nitrogens with one attached hydrogen (secondary N) is 1. The predicted molar refractivity (Wildman–Crippen MR) is 100 cm³/mol. The fraction of sp³-hybridized carbons (Fsp3) is 0.800. The minimum atomic E-state index is 0.347. The molecule has 1 saturated heterocycles. The summed E-state index contributed by atoms with van der Waals surface area (Å²) < 4.78 is 0. The van der Waals surface area contributed by atoms with Crippen LogP contribution in [0.1, 0.15) is 77.5 Å². The van der Waals surface area contributed by atoms with Crippen molar-refractivity contribution < 1.29 is 0 Å². The van der Waals surface area contributed by atoms with Gasteiger partial charge in [-0.2, -0.15) is 0 Å². The molecular formula is C20H34N4. The molecule has 1 aromatic rings. The lowest BCUT2D eigenvalue weighted by Crippen LogP contribution is -2.38. The van der Waals surface area contributed by atoms with Crippen molar-refractivity contribution in [3.8, 4) is 0 Å². The van der Waals surface area contributed by atoms with Crippen molar-refractivity contribution in [1.29, 1.82) is 0 Å². The molecule has 0 spiro atoms. The second-order valence-electron chi connectivity index (χ2n) is 8.33. The highest BCUT2D eigenvalue weighted by Gasteiger charge is 2.28. The Bertz CT molecular complexity index is 526. The smallest absolute Gasteiger partial charge is 0.147 e. The van der Waals surface area contributed by atoms with Gasteiger partial charge in [-0.05, 0) is 57.3 Å². The molecule has 4 heteroatoms. The van der Waals surface area contributed by atoms with Crippen LogP contribution in [0.15, 0.2) is 12.4 Å². The van der Waals surface area contributed by atoms with E-state index >= 15 is 0 Å². The first-order valence-electron chi connectivity index (χ1n) is 9.85. The average molecular weight is 331 g/mol. The fourth-order valence-corrected chi connectivity index (χ4v) is 4.20. The Balaban J connectivity index is 1.69. The first-order valence-corrected chi connectivity index (χ1v) is 9.85. The van der Waals surface area contributed by atoms with Gasteiger partial charge in [0.1, 0.15) is 5.82 Å². The van der Waals surface area contributed by atoms with Gasteiger partial charge < -0.3 is 10.2 Å². The highest BCUT2D eigenvalue weighted by atomic mass is 15.2. The standard InChI is InChI=1S/C20H34N4/c1-14(2)11-16-7-5-10-18(22-15(16)3)19-12-21-13-20(23-19)24(4)17-8-6-9-17/h12-18,22H,5-11H2,1-4H3. The Kier molecular flexibility index (Phi) is 5.75. The number of rotatable bonds is 5. The summed E-state index contributed by atoms with van der Waals surface area (Å²) in [6.45, 7) is 7.02. The maximum atomic E-state index is 4.96. The SMILES string of the molecule is CC(C)CC1CCCC(c2cncc(N(C)C3CCC3)n2)NC1C. The van der Waals surface area contributed by atoms with Crippen LogP contribution in [0, 0.1) is 11.8 Å². The third-order valence-corrected chi connectivity index (χ3v) is 5.99. The molecule has 2 fully saturated rings. The average Bonchev–Trinajstić information content (AvgIpc) is 2.67. The summed E-state index contributed by atoms with van der Waals surface area (Å²) in [6.07, 6.45) is 12.9. The number of nitrogens with zero attached hydrogens (tertiary/aromatic N) is 3. The van der Waals surface area contributed by atoms with Crippen LogP contribution in [0.5, 0.6) is 0 Å². The van der Waals surface area contributed by atoms with Gasteiger partial charge in [0, 0.05) is 19.1 Å². The number of aromatic nitrogens is 2. The van der Waals surface area contributed by atoms with E-state index in [1.165, 1.54) is 44.9 Å². The Morgan fingerprint density at radius 1 is 1.17 bits per heavy atom. The zero-order chi connectivity index (χ0) is 17.1. The minimum absolute atomic E-state index is 0.347. The van der Waals surface area contributed by atoms with Crippen molar-refractivity contribution >= 4 is 5.82 Å². The van der Waals surface area contributed by atoms with Crippen molar-refractivity contribution in [2.75, 3.05) is 11.9 Å². The molecule has 4 nitrogen and oxygen atoms in total. The maximum Gasteiger partial charge on any atom is 0.147 e. The van der Waals surface area contributed by atoms with Gasteiger partial charge in [-0.1, -0.05) is 20.3 Å². The predicted octanol–water partition coefficient (Wildman–Crippen LogP) is 4.33. The summed E-state index contributed by atoms with van der Waals surface area (Å²) in [5.74, 6) is 2.59. The number of hydrogen-bond acceptors (Lipinski definition) is 4. The van der Waals surface area contributed by atoms with E-state index in [0.29, 0.717) is 18.1 Å². The van der Waals surface area contributed by atoms with Crippen LogP contribution in [0.2, 0.25) is 0 Å². The molecule has 3 unspecified atom stereocenters. The zero-order valence-electron chi connectivity index (χ0n) is 15.8. The second kappa shape index (κ2) is 7.81. The van der Waals surface area contributed by atoms with Crippen molar-refractivity contribution in [1.82, 2.24) is 15.3 Å². The number of anilines is 1. The van der Waals surface area contributed by atoms with E-state index in [0.717, 1.165) is 23.3 Å². The van der Waals surface area contributed by atoms with E-state index in [1.807, 2.05) is 12.4 Å². The third kappa shape index (κ3) is 4.08. The molecular weight excluding hydrogens is 296 g/mol. The Hall–Kier alpha value is -1.16. The largest absolute Gasteiger partial charge is 0.355 e. The zero-order valence-corrected chi connectivity index (χ0v) is 15.8. The summed E-state index contributed by atoms with van der Waals surface area (Å²) in [4.78, 5) is 11.8. The van der Waals surface area contributed by atoms with E-state index in [2.05, 4.69) is 43.0 Å². The molecule has 0 bridgehead atoms. The summed E-state index contributed by atoms with van der Waals surface area (Å²) in [7, 11) is 2.17. The minimum Gasteiger partial charge on any atom is -0.355 e. The van der Waals surface area contributed by atoms with Gasteiger partial charge in [0.15, 0.2) is 0 Å². The van der Waals surface area contributed by atoms with E-state index < -0.39 is 0 Å². The third-order valence-electron chi connectivity index (χ3n) is 5.99. The summed E-state index contributed by atoms with van der Waals surface area (Å²) >= 11 is 0. The second-order valence-corrected chi connectivity index (χ2v) is 8.33. The summed E-state index contributed by atoms with van der Waals surface area (Å²) in [5, 5.41) is 3.85. The van der Waals surface area contributed by atoms with Gasteiger partial charge in [-0.3, -0.25) is 4.98 Å². The van der Waals surface area contributed by atoms with Gasteiger partial charge in [0.2, 0.25) is 0 Å². The van der Waals surface area contributed by atoms with Crippen molar-refractivity contribution in [3.63, 3.8) is 0 Å². The molecule has 1 aromatic heterocycles. The van der Waals surface area contributed by atoms with Gasteiger partial charge in [-0.25, -0.2) is 4.98 Å². The molecule has 1 aliphatic heterocycles. The highest BCUT2D eigenvalue weighted by Crippen LogP contribution is 2.31. The molecule has 3 atom stereocenters. The van der Waals surface area contributed by atoms with E-state index in [1.54, 1.807) is 0 Å². The van der Waals surface area contributed by atoms with Crippen LogP contribution in [0.3, 0.4) is 0 Å². The van der Waals surface area contributed by atoms with Gasteiger partial charge in [0.25, 0.3) is 0 Å². The van der Waals surface area contributed by atoms with Crippen LogP contribution in [0.4, 0.5) is 5.82 Å². The highest BCUT2D eigenvalue weighted by molar-refractivity contribution is 5.37. The first-order chi connectivity index (χ1) is 11.5. The van der Waals surface area contributed by atoms with Crippen molar-refractivity contribution in [2.24, 2.45) is 11.8 Å². The quantitative estimate of drug-likeness (QED) is 0.872. The first kappa shape index (κ1) is 17.7. The van der Waals surface area contributed by atoms with E-state index in [-0.39, 0.29) is 0 Å². The summed E-state index contributed by atoms with van der Waals surface area (Å²) in [5.41, 5.74) is 1.12. The Morgan fingerprint density at radius 2 is 1.92 bits per heavy atom. The lowest BCUT2D eigenvalue weighted by atomic mass is 9.88. The topological polar surface area (TPSA) is 41.1 Å². The maximum absolute atomic E-state index is 4.96. The fourth-order valence-electron chi connectivity index (χ4n) is 4.20. The monoisotopic (exact) mass is 330 g/mol. The lowest BCUT2D eigenvalue weighted by Gasteiger charge is -2.35. The molecule has 24 heavy (non-hydrogen) atoms. The molecule has 0 amide bonds.